The number of nitrogens with zero attached hydrogens (tertiary/aromatic N) is 1. The second-order valence-corrected chi connectivity index (χ2v) is 4.73. The van der Waals surface area contributed by atoms with Gasteiger partial charge in [0, 0.05) is 17.8 Å². The van der Waals surface area contributed by atoms with Crippen LogP contribution in [0.15, 0.2) is 5.38 Å². The summed E-state index contributed by atoms with van der Waals surface area (Å²) in [5.74, 6) is -0.111. The normalized spacial score (nSPS) is 11.4. The zero-order valence-corrected chi connectivity index (χ0v) is 9.16. The molecule has 0 bridgehead atoms. The van der Waals surface area contributed by atoms with Gasteiger partial charge in [-0.15, -0.1) is 11.3 Å². The van der Waals surface area contributed by atoms with Gasteiger partial charge in [-0.1, -0.05) is 20.8 Å². The largest absolute Gasteiger partial charge is 0.353 e. The van der Waals surface area contributed by atoms with Gasteiger partial charge in [0.1, 0.15) is 0 Å². The van der Waals surface area contributed by atoms with Crippen LogP contribution >= 0.6 is 11.3 Å². The molecule has 0 aromatic carbocycles. The molecule has 1 heterocycles. The third-order valence-electron chi connectivity index (χ3n) is 1.69. The van der Waals surface area contributed by atoms with E-state index in [1.807, 2.05) is 5.38 Å². The molecule has 0 aliphatic heterocycles. The predicted octanol–water partition coefficient (Wildman–Crippen LogP) is 1.80. The molecule has 0 unspecified atom stereocenters. The Morgan fingerprint density at radius 1 is 1.54 bits per heavy atom. The van der Waals surface area contributed by atoms with Crippen LogP contribution < -0.4 is 5.32 Å². The molecule has 1 amide bonds. The summed E-state index contributed by atoms with van der Waals surface area (Å²) in [6, 6.07) is 0. The Kier molecular flexibility index (Phi) is 2.71. The molecule has 1 aromatic heterocycles. The van der Waals surface area contributed by atoms with E-state index in [0.717, 1.165) is 5.69 Å². The van der Waals surface area contributed by atoms with Crippen molar-refractivity contribution in [2.75, 3.05) is 7.05 Å². The molecular weight excluding hydrogens is 184 g/mol. The number of aromatic nitrogens is 1. The topological polar surface area (TPSA) is 42.0 Å². The molecule has 72 valence electrons. The van der Waals surface area contributed by atoms with Crippen LogP contribution in [-0.4, -0.2) is 17.9 Å². The maximum Gasteiger partial charge on any atom is 0.280 e. The Balaban J connectivity index is 2.93. The quantitative estimate of drug-likeness (QED) is 0.747. The first-order chi connectivity index (χ1) is 5.95. The third kappa shape index (κ3) is 2.28. The van der Waals surface area contributed by atoms with Crippen LogP contribution in [0.3, 0.4) is 0 Å². The molecule has 1 N–H and O–H groups in total. The molecule has 3 nitrogen and oxygen atoms in total. The van der Waals surface area contributed by atoms with Crippen molar-refractivity contribution in [3.63, 3.8) is 0 Å². The van der Waals surface area contributed by atoms with Gasteiger partial charge in [0.2, 0.25) is 0 Å². The summed E-state index contributed by atoms with van der Waals surface area (Å²) < 4.78 is 0. The minimum Gasteiger partial charge on any atom is -0.353 e. The Morgan fingerprint density at radius 3 is 2.54 bits per heavy atom. The highest BCUT2D eigenvalue weighted by Crippen LogP contribution is 2.23. The van der Waals surface area contributed by atoms with Crippen molar-refractivity contribution in [3.8, 4) is 0 Å². The lowest BCUT2D eigenvalue weighted by Crippen LogP contribution is -2.18. The maximum atomic E-state index is 11.2. The first kappa shape index (κ1) is 10.2. The molecule has 0 saturated carbocycles. The van der Waals surface area contributed by atoms with Crippen LogP contribution in [0.1, 0.15) is 36.3 Å². The lowest BCUT2D eigenvalue weighted by Gasteiger charge is -2.13. The lowest BCUT2D eigenvalue weighted by molar-refractivity contribution is 0.0962. The molecular formula is C9H14N2OS. The van der Waals surface area contributed by atoms with Gasteiger partial charge < -0.3 is 5.32 Å². The van der Waals surface area contributed by atoms with E-state index in [0.29, 0.717) is 5.01 Å². The molecule has 0 spiro atoms. The SMILES string of the molecule is CNC(=O)c1nc(C(C)(C)C)cs1. The van der Waals surface area contributed by atoms with E-state index in [1.165, 1.54) is 11.3 Å². The summed E-state index contributed by atoms with van der Waals surface area (Å²) in [5.41, 5.74) is 0.985. The minimum atomic E-state index is -0.111. The van der Waals surface area contributed by atoms with E-state index in [-0.39, 0.29) is 11.3 Å². The number of rotatable bonds is 1. The number of hydrogen-bond acceptors (Lipinski definition) is 3. The fourth-order valence-electron chi connectivity index (χ4n) is 0.829. The molecule has 0 aliphatic carbocycles. The second kappa shape index (κ2) is 3.46. The van der Waals surface area contributed by atoms with Gasteiger partial charge in [0.25, 0.3) is 5.91 Å². The average molecular weight is 198 g/mol. The van der Waals surface area contributed by atoms with Gasteiger partial charge >= 0.3 is 0 Å². The van der Waals surface area contributed by atoms with Crippen molar-refractivity contribution in [3.05, 3.63) is 16.1 Å². The van der Waals surface area contributed by atoms with E-state index in [2.05, 4.69) is 31.1 Å². The summed E-state index contributed by atoms with van der Waals surface area (Å²) in [4.78, 5) is 15.4. The van der Waals surface area contributed by atoms with Crippen molar-refractivity contribution in [2.24, 2.45) is 0 Å². The summed E-state index contributed by atoms with van der Waals surface area (Å²) in [5, 5.41) is 5.02. The van der Waals surface area contributed by atoms with Gasteiger partial charge in [-0.05, 0) is 0 Å². The number of nitrogens with one attached hydrogen (secondary N) is 1. The molecule has 1 rings (SSSR count). The Labute approximate surface area is 82.2 Å². The number of thiazole rings is 1. The van der Waals surface area contributed by atoms with Crippen LogP contribution in [0.2, 0.25) is 0 Å². The second-order valence-electron chi connectivity index (χ2n) is 3.87. The van der Waals surface area contributed by atoms with Crippen molar-refractivity contribution in [1.82, 2.24) is 10.3 Å². The lowest BCUT2D eigenvalue weighted by atomic mass is 9.93. The Hall–Kier alpha value is -0.900. The number of amides is 1. The monoisotopic (exact) mass is 198 g/mol. The van der Waals surface area contributed by atoms with Crippen molar-refractivity contribution >= 4 is 17.2 Å². The fraction of sp³-hybridized carbons (Fsp3) is 0.556. The zero-order valence-electron chi connectivity index (χ0n) is 8.34. The highest BCUT2D eigenvalue weighted by Gasteiger charge is 2.19. The van der Waals surface area contributed by atoms with Gasteiger partial charge in [-0.2, -0.15) is 0 Å². The van der Waals surface area contributed by atoms with Crippen molar-refractivity contribution in [1.29, 1.82) is 0 Å². The summed E-state index contributed by atoms with van der Waals surface area (Å²) >= 11 is 1.39. The maximum absolute atomic E-state index is 11.2. The molecule has 0 aliphatic rings. The molecule has 13 heavy (non-hydrogen) atoms. The van der Waals surface area contributed by atoms with E-state index < -0.39 is 0 Å². The number of hydrogen-bond donors (Lipinski definition) is 1. The van der Waals surface area contributed by atoms with Crippen LogP contribution in [0.25, 0.3) is 0 Å². The van der Waals surface area contributed by atoms with Crippen LogP contribution in [0.5, 0.6) is 0 Å². The van der Waals surface area contributed by atoms with Gasteiger partial charge in [0.15, 0.2) is 5.01 Å². The van der Waals surface area contributed by atoms with Crippen LogP contribution in [0.4, 0.5) is 0 Å². The molecule has 0 atom stereocenters. The van der Waals surface area contributed by atoms with Gasteiger partial charge in [-0.25, -0.2) is 4.98 Å². The summed E-state index contributed by atoms with van der Waals surface area (Å²) in [6.07, 6.45) is 0. The molecule has 0 saturated heterocycles. The van der Waals surface area contributed by atoms with Crippen molar-refractivity contribution in [2.45, 2.75) is 26.2 Å². The van der Waals surface area contributed by atoms with Crippen molar-refractivity contribution < 1.29 is 4.79 Å². The predicted molar refractivity (Wildman–Crippen MR) is 54.2 cm³/mol. The van der Waals surface area contributed by atoms with E-state index in [1.54, 1.807) is 7.05 Å². The highest BCUT2D eigenvalue weighted by molar-refractivity contribution is 7.11. The third-order valence-corrected chi connectivity index (χ3v) is 2.53. The van der Waals surface area contributed by atoms with Crippen LogP contribution in [-0.2, 0) is 5.41 Å². The van der Waals surface area contributed by atoms with E-state index in [9.17, 15) is 4.79 Å². The molecule has 4 heteroatoms. The minimum absolute atomic E-state index is 0.0166. The first-order valence-electron chi connectivity index (χ1n) is 4.13. The smallest absolute Gasteiger partial charge is 0.280 e. The van der Waals surface area contributed by atoms with Gasteiger partial charge in [-0.3, -0.25) is 4.79 Å². The van der Waals surface area contributed by atoms with Gasteiger partial charge in [0.05, 0.1) is 5.69 Å². The zero-order chi connectivity index (χ0) is 10.1. The van der Waals surface area contributed by atoms with Crippen LogP contribution in [0, 0.1) is 0 Å². The summed E-state index contributed by atoms with van der Waals surface area (Å²) in [7, 11) is 1.61. The first-order valence-corrected chi connectivity index (χ1v) is 5.01. The standard InChI is InChI=1S/C9H14N2OS/c1-9(2,3)6-5-13-8(11-6)7(12)10-4/h5H,1-4H3,(H,10,12). The Morgan fingerprint density at radius 2 is 2.15 bits per heavy atom. The number of carbonyl (C=O) groups excluding carboxylic acids is 1. The van der Waals surface area contributed by atoms with E-state index >= 15 is 0 Å². The fourth-order valence-corrected chi connectivity index (χ4v) is 1.82. The average Bonchev–Trinajstić information content (AvgIpc) is 2.50. The number of carbonyl (C=O) groups is 1. The molecule has 0 fully saturated rings. The van der Waals surface area contributed by atoms with E-state index in [4.69, 9.17) is 0 Å². The summed E-state index contributed by atoms with van der Waals surface area (Å²) in [6.45, 7) is 6.24. The Bertz CT molecular complexity index is 312. The molecule has 0 radical (unpaired) electrons. The highest BCUT2D eigenvalue weighted by atomic mass is 32.1. The molecule has 1 aromatic rings.